The van der Waals surface area contributed by atoms with Crippen molar-refractivity contribution in [2.24, 2.45) is 0 Å². The number of hydrogen-bond acceptors (Lipinski definition) is 3. The molecule has 1 fully saturated rings. The Morgan fingerprint density at radius 2 is 2.25 bits per heavy atom. The minimum absolute atomic E-state index is 0.558. The summed E-state index contributed by atoms with van der Waals surface area (Å²) in [7, 11) is 0. The van der Waals surface area contributed by atoms with Crippen LogP contribution in [0.25, 0.3) is 0 Å². The van der Waals surface area contributed by atoms with Gasteiger partial charge in [-0.05, 0) is 25.0 Å². The third-order valence-corrected chi connectivity index (χ3v) is 2.71. The molecular weight excluding hydrogens is 202 g/mol. The van der Waals surface area contributed by atoms with Crippen LogP contribution in [0.3, 0.4) is 0 Å². The SMILES string of the molecule is c1cncc(OCc2cncn2C2CC2)c1. The maximum atomic E-state index is 5.65. The van der Waals surface area contributed by atoms with E-state index in [1.54, 1.807) is 12.4 Å². The largest absolute Gasteiger partial charge is 0.486 e. The molecule has 0 atom stereocenters. The summed E-state index contributed by atoms with van der Waals surface area (Å²) in [4.78, 5) is 8.17. The summed E-state index contributed by atoms with van der Waals surface area (Å²) in [5.41, 5.74) is 1.13. The molecule has 1 saturated carbocycles. The van der Waals surface area contributed by atoms with Crippen LogP contribution >= 0.6 is 0 Å². The molecular formula is C12H13N3O. The van der Waals surface area contributed by atoms with E-state index in [9.17, 15) is 0 Å². The zero-order valence-corrected chi connectivity index (χ0v) is 8.91. The van der Waals surface area contributed by atoms with Gasteiger partial charge in [0.15, 0.2) is 0 Å². The Morgan fingerprint density at radius 3 is 3.00 bits per heavy atom. The van der Waals surface area contributed by atoms with Gasteiger partial charge in [0.25, 0.3) is 0 Å². The quantitative estimate of drug-likeness (QED) is 0.784. The highest BCUT2D eigenvalue weighted by molar-refractivity contribution is 5.16. The van der Waals surface area contributed by atoms with Gasteiger partial charge in [0.05, 0.1) is 24.4 Å². The highest BCUT2D eigenvalue weighted by Crippen LogP contribution is 2.35. The smallest absolute Gasteiger partial charge is 0.138 e. The molecule has 0 saturated heterocycles. The van der Waals surface area contributed by atoms with Crippen LogP contribution in [-0.2, 0) is 6.61 Å². The van der Waals surface area contributed by atoms with Gasteiger partial charge in [0.1, 0.15) is 12.4 Å². The molecule has 0 bridgehead atoms. The molecule has 4 nitrogen and oxygen atoms in total. The standard InChI is InChI=1S/C12H13N3O/c1-2-12(7-13-5-1)16-8-11-6-14-9-15(11)10-3-4-10/h1-2,5-7,9-10H,3-4,8H2. The van der Waals surface area contributed by atoms with Crippen LogP contribution in [-0.4, -0.2) is 14.5 Å². The Balaban J connectivity index is 1.68. The van der Waals surface area contributed by atoms with E-state index in [2.05, 4.69) is 14.5 Å². The second kappa shape index (κ2) is 3.96. The van der Waals surface area contributed by atoms with Crippen LogP contribution in [0, 0.1) is 0 Å². The normalized spacial score (nSPS) is 15.0. The van der Waals surface area contributed by atoms with E-state index in [0.717, 1.165) is 11.4 Å². The van der Waals surface area contributed by atoms with Crippen molar-refractivity contribution in [1.82, 2.24) is 14.5 Å². The Morgan fingerprint density at radius 1 is 1.31 bits per heavy atom. The molecule has 1 aliphatic carbocycles. The monoisotopic (exact) mass is 215 g/mol. The van der Waals surface area contributed by atoms with E-state index < -0.39 is 0 Å². The molecule has 16 heavy (non-hydrogen) atoms. The Labute approximate surface area is 93.9 Å². The molecule has 2 heterocycles. The molecule has 0 spiro atoms. The zero-order valence-electron chi connectivity index (χ0n) is 8.91. The van der Waals surface area contributed by atoms with Crippen LogP contribution in [0.5, 0.6) is 5.75 Å². The third kappa shape index (κ3) is 1.91. The predicted molar refractivity (Wildman–Crippen MR) is 59.1 cm³/mol. The van der Waals surface area contributed by atoms with Crippen molar-refractivity contribution in [2.45, 2.75) is 25.5 Å². The van der Waals surface area contributed by atoms with Gasteiger partial charge in [-0.1, -0.05) is 0 Å². The molecule has 0 aliphatic heterocycles. The van der Waals surface area contributed by atoms with Crippen molar-refractivity contribution in [2.75, 3.05) is 0 Å². The molecule has 82 valence electrons. The zero-order chi connectivity index (χ0) is 10.8. The summed E-state index contributed by atoms with van der Waals surface area (Å²) in [6, 6.07) is 4.42. The van der Waals surface area contributed by atoms with E-state index >= 15 is 0 Å². The average molecular weight is 215 g/mol. The summed E-state index contributed by atoms with van der Waals surface area (Å²) >= 11 is 0. The van der Waals surface area contributed by atoms with E-state index in [-0.39, 0.29) is 0 Å². The van der Waals surface area contributed by atoms with Crippen molar-refractivity contribution in [3.63, 3.8) is 0 Å². The number of nitrogens with zero attached hydrogens (tertiary/aromatic N) is 3. The lowest BCUT2D eigenvalue weighted by atomic mass is 10.4. The Kier molecular flexibility index (Phi) is 2.33. The summed E-state index contributed by atoms with van der Waals surface area (Å²) in [5.74, 6) is 0.797. The van der Waals surface area contributed by atoms with Crippen molar-refractivity contribution in [3.8, 4) is 5.75 Å². The van der Waals surface area contributed by atoms with Gasteiger partial charge in [0.2, 0.25) is 0 Å². The lowest BCUT2D eigenvalue weighted by molar-refractivity contribution is 0.293. The van der Waals surface area contributed by atoms with Crippen LogP contribution in [0.15, 0.2) is 37.1 Å². The fraction of sp³-hybridized carbons (Fsp3) is 0.333. The summed E-state index contributed by atoms with van der Waals surface area (Å²) < 4.78 is 7.85. The van der Waals surface area contributed by atoms with E-state index in [0.29, 0.717) is 12.6 Å². The second-order valence-electron chi connectivity index (χ2n) is 4.00. The highest BCUT2D eigenvalue weighted by Gasteiger charge is 2.25. The topological polar surface area (TPSA) is 39.9 Å². The molecule has 0 radical (unpaired) electrons. The molecule has 0 unspecified atom stereocenters. The number of imidazole rings is 1. The Bertz CT molecular complexity index is 462. The first-order valence-corrected chi connectivity index (χ1v) is 5.47. The summed E-state index contributed by atoms with van der Waals surface area (Å²) in [6.07, 6.45) is 9.74. The first-order valence-electron chi connectivity index (χ1n) is 5.47. The molecule has 1 aliphatic rings. The van der Waals surface area contributed by atoms with Gasteiger partial charge in [-0.2, -0.15) is 0 Å². The van der Waals surface area contributed by atoms with Gasteiger partial charge >= 0.3 is 0 Å². The summed E-state index contributed by atoms with van der Waals surface area (Å²) in [6.45, 7) is 0.558. The fourth-order valence-corrected chi connectivity index (χ4v) is 1.72. The molecule has 0 amide bonds. The fourth-order valence-electron chi connectivity index (χ4n) is 1.72. The average Bonchev–Trinajstić information content (AvgIpc) is 3.07. The summed E-state index contributed by atoms with van der Waals surface area (Å²) in [5, 5.41) is 0. The van der Waals surface area contributed by atoms with E-state index in [4.69, 9.17) is 4.74 Å². The van der Waals surface area contributed by atoms with Crippen LogP contribution in [0.2, 0.25) is 0 Å². The molecule has 2 aromatic rings. The third-order valence-electron chi connectivity index (χ3n) is 2.71. The van der Waals surface area contributed by atoms with Crippen molar-refractivity contribution in [3.05, 3.63) is 42.7 Å². The van der Waals surface area contributed by atoms with Crippen molar-refractivity contribution >= 4 is 0 Å². The van der Waals surface area contributed by atoms with Crippen molar-refractivity contribution in [1.29, 1.82) is 0 Å². The van der Waals surface area contributed by atoms with Gasteiger partial charge in [0, 0.05) is 12.2 Å². The molecule has 3 rings (SSSR count). The first kappa shape index (κ1) is 9.39. The minimum atomic E-state index is 0.558. The highest BCUT2D eigenvalue weighted by atomic mass is 16.5. The van der Waals surface area contributed by atoms with E-state index in [1.165, 1.54) is 12.8 Å². The number of rotatable bonds is 4. The van der Waals surface area contributed by atoms with Crippen LogP contribution in [0.4, 0.5) is 0 Å². The lowest BCUT2D eigenvalue weighted by Crippen LogP contribution is -2.03. The molecule has 2 aromatic heterocycles. The number of ether oxygens (including phenoxy) is 1. The van der Waals surface area contributed by atoms with Gasteiger partial charge in [-0.25, -0.2) is 4.98 Å². The number of hydrogen-bond donors (Lipinski definition) is 0. The van der Waals surface area contributed by atoms with Gasteiger partial charge in [-0.15, -0.1) is 0 Å². The second-order valence-corrected chi connectivity index (χ2v) is 4.00. The first-order chi connectivity index (χ1) is 7.93. The molecule has 0 aromatic carbocycles. The van der Waals surface area contributed by atoms with Crippen molar-refractivity contribution < 1.29 is 4.74 Å². The van der Waals surface area contributed by atoms with Gasteiger partial charge in [-0.3, -0.25) is 4.98 Å². The predicted octanol–water partition coefficient (Wildman–Crippen LogP) is 2.19. The van der Waals surface area contributed by atoms with E-state index in [1.807, 2.05) is 24.7 Å². The minimum Gasteiger partial charge on any atom is -0.486 e. The van der Waals surface area contributed by atoms with Crippen LogP contribution < -0.4 is 4.74 Å². The lowest BCUT2D eigenvalue weighted by Gasteiger charge is -2.08. The molecule has 4 heteroatoms. The van der Waals surface area contributed by atoms with Crippen LogP contribution in [0.1, 0.15) is 24.6 Å². The maximum absolute atomic E-state index is 5.65. The van der Waals surface area contributed by atoms with Gasteiger partial charge < -0.3 is 9.30 Å². The Hall–Kier alpha value is -1.84. The number of pyridine rings is 1. The maximum Gasteiger partial charge on any atom is 0.138 e. The number of aromatic nitrogens is 3. The molecule has 0 N–H and O–H groups in total.